The average Bonchev–Trinajstić information content (AvgIpc) is 2.97. The van der Waals surface area contributed by atoms with Gasteiger partial charge in [-0.05, 0) is 0 Å². The molecule has 26 heavy (non-hydrogen) atoms. The number of halogens is 9. The van der Waals surface area contributed by atoms with Gasteiger partial charge in [-0.25, -0.2) is 4.79 Å². The van der Waals surface area contributed by atoms with Gasteiger partial charge in [0.2, 0.25) is 0 Å². The van der Waals surface area contributed by atoms with Crippen molar-refractivity contribution in [2.45, 2.75) is 43.5 Å². The van der Waals surface area contributed by atoms with E-state index in [1.165, 1.54) is 0 Å². The van der Waals surface area contributed by atoms with Crippen molar-refractivity contribution in [1.82, 2.24) is 15.0 Å². The van der Waals surface area contributed by atoms with E-state index in [-0.39, 0.29) is 5.69 Å². The number of rotatable bonds is 8. The molecule has 0 aliphatic rings. The third kappa shape index (κ3) is 4.27. The normalized spacial score (nSPS) is 13.6. The molecule has 0 fully saturated rings. The molecular formula is C12H10F9N3O2. The van der Waals surface area contributed by atoms with Gasteiger partial charge in [0.1, 0.15) is 12.3 Å². The molecule has 1 heterocycles. The summed E-state index contributed by atoms with van der Waals surface area (Å²) < 4.78 is 119. The molecule has 0 saturated heterocycles. The van der Waals surface area contributed by atoms with Crippen LogP contribution in [-0.4, -0.2) is 44.9 Å². The fourth-order valence-electron chi connectivity index (χ4n) is 1.54. The lowest BCUT2D eigenvalue weighted by atomic mass is 10.0. The Labute approximate surface area is 139 Å². The SMILES string of the molecule is C=CC(=O)OCc1cn(CCC(F)(F)C(F)(F)C(F)(F)C(F)(F)F)nn1. The minimum Gasteiger partial charge on any atom is -0.456 e. The molecule has 0 atom stereocenters. The van der Waals surface area contributed by atoms with Gasteiger partial charge >= 0.3 is 29.9 Å². The Kier molecular flexibility index (Phi) is 5.98. The second kappa shape index (κ2) is 7.15. The monoisotopic (exact) mass is 399 g/mol. The molecule has 0 aromatic carbocycles. The number of aromatic nitrogens is 3. The zero-order chi connectivity index (χ0) is 20.4. The fraction of sp³-hybridized carbons (Fsp3) is 0.583. The Balaban J connectivity index is 2.81. The quantitative estimate of drug-likeness (QED) is 0.382. The first-order valence-electron chi connectivity index (χ1n) is 6.54. The molecule has 0 amide bonds. The number of hydrogen-bond acceptors (Lipinski definition) is 4. The number of alkyl halides is 9. The number of nitrogens with zero attached hydrogens (tertiary/aromatic N) is 3. The van der Waals surface area contributed by atoms with E-state index >= 15 is 0 Å². The Morgan fingerprint density at radius 2 is 1.69 bits per heavy atom. The summed E-state index contributed by atoms with van der Waals surface area (Å²) in [5.74, 6) is -20.2. The average molecular weight is 399 g/mol. The molecule has 148 valence electrons. The van der Waals surface area contributed by atoms with Crippen LogP contribution in [0.3, 0.4) is 0 Å². The zero-order valence-corrected chi connectivity index (χ0v) is 12.5. The maximum absolute atomic E-state index is 13.3. The van der Waals surface area contributed by atoms with E-state index in [9.17, 15) is 44.3 Å². The van der Waals surface area contributed by atoms with E-state index in [4.69, 9.17) is 0 Å². The molecule has 0 aliphatic heterocycles. The number of carbonyl (C=O) groups excluding carboxylic acids is 1. The molecule has 1 aromatic heterocycles. The first kappa shape index (κ1) is 21.8. The highest BCUT2D eigenvalue weighted by atomic mass is 19.4. The predicted molar refractivity (Wildman–Crippen MR) is 65.5 cm³/mol. The van der Waals surface area contributed by atoms with Crippen molar-refractivity contribution in [2.24, 2.45) is 0 Å². The highest BCUT2D eigenvalue weighted by Crippen LogP contribution is 2.54. The highest BCUT2D eigenvalue weighted by Gasteiger charge is 2.81. The van der Waals surface area contributed by atoms with Gasteiger partial charge in [0.15, 0.2) is 0 Å². The Bertz CT molecular complexity index is 655. The van der Waals surface area contributed by atoms with E-state index in [1.807, 2.05) is 0 Å². The topological polar surface area (TPSA) is 57.0 Å². The van der Waals surface area contributed by atoms with E-state index in [2.05, 4.69) is 21.6 Å². The van der Waals surface area contributed by atoms with Crippen molar-refractivity contribution in [3.05, 3.63) is 24.5 Å². The third-order valence-electron chi connectivity index (χ3n) is 2.98. The summed E-state index contributed by atoms with van der Waals surface area (Å²) in [7, 11) is 0. The summed E-state index contributed by atoms with van der Waals surface area (Å²) in [5.41, 5.74) is -0.115. The largest absolute Gasteiger partial charge is 0.460 e. The van der Waals surface area contributed by atoms with Gasteiger partial charge in [-0.15, -0.1) is 5.10 Å². The summed E-state index contributed by atoms with van der Waals surface area (Å²) in [5, 5.41) is 6.49. The van der Waals surface area contributed by atoms with E-state index in [0.29, 0.717) is 4.68 Å². The molecule has 0 saturated carbocycles. The molecule has 1 aromatic rings. The molecule has 0 unspecified atom stereocenters. The van der Waals surface area contributed by atoms with Crippen LogP contribution in [0.5, 0.6) is 0 Å². The Morgan fingerprint density at radius 3 is 2.19 bits per heavy atom. The molecule has 0 N–H and O–H groups in total. The molecule has 14 heteroatoms. The minimum absolute atomic E-state index is 0.115. The van der Waals surface area contributed by atoms with Crippen molar-refractivity contribution < 1.29 is 49.0 Å². The Hall–Kier alpha value is -2.28. The zero-order valence-electron chi connectivity index (χ0n) is 12.5. The number of ether oxygens (including phenoxy) is 1. The summed E-state index contributed by atoms with van der Waals surface area (Å²) in [6, 6.07) is 0. The van der Waals surface area contributed by atoms with Crippen molar-refractivity contribution in [1.29, 1.82) is 0 Å². The molecule has 0 radical (unpaired) electrons. The van der Waals surface area contributed by atoms with E-state index in [1.54, 1.807) is 0 Å². The number of esters is 1. The van der Waals surface area contributed by atoms with Crippen LogP contribution in [0.4, 0.5) is 39.5 Å². The Morgan fingerprint density at radius 1 is 1.12 bits per heavy atom. The van der Waals surface area contributed by atoms with Crippen LogP contribution in [0.1, 0.15) is 12.1 Å². The second-order valence-corrected chi connectivity index (χ2v) is 4.89. The molecule has 5 nitrogen and oxygen atoms in total. The van der Waals surface area contributed by atoms with Gasteiger partial charge in [-0.1, -0.05) is 11.8 Å². The predicted octanol–water partition coefficient (Wildman–Crippen LogP) is 3.37. The van der Waals surface area contributed by atoms with Gasteiger partial charge < -0.3 is 4.74 Å². The van der Waals surface area contributed by atoms with Crippen LogP contribution in [0.25, 0.3) is 0 Å². The van der Waals surface area contributed by atoms with Crippen LogP contribution in [0, 0.1) is 0 Å². The summed E-state index contributed by atoms with van der Waals surface area (Å²) >= 11 is 0. The smallest absolute Gasteiger partial charge is 0.456 e. The highest BCUT2D eigenvalue weighted by molar-refractivity contribution is 5.81. The van der Waals surface area contributed by atoms with E-state index < -0.39 is 49.5 Å². The van der Waals surface area contributed by atoms with Crippen molar-refractivity contribution in [2.75, 3.05) is 0 Å². The van der Waals surface area contributed by atoms with Gasteiger partial charge in [-0.2, -0.15) is 39.5 Å². The number of hydrogen-bond donors (Lipinski definition) is 0. The van der Waals surface area contributed by atoms with Crippen LogP contribution in [0.15, 0.2) is 18.9 Å². The summed E-state index contributed by atoms with van der Waals surface area (Å²) in [6.07, 6.45) is -7.29. The van der Waals surface area contributed by atoms with Crippen LogP contribution in [-0.2, 0) is 22.7 Å². The summed E-state index contributed by atoms with van der Waals surface area (Å²) in [4.78, 5) is 10.8. The van der Waals surface area contributed by atoms with Gasteiger partial charge in [0.25, 0.3) is 0 Å². The standard InChI is InChI=1S/C12H10F9N3O2/c1-2-8(25)26-6-7-5-24(23-22-7)4-3-9(13,14)10(15,16)11(17,18)12(19,20)21/h2,5H,1,3-4,6H2. The van der Waals surface area contributed by atoms with Crippen LogP contribution in [0.2, 0.25) is 0 Å². The third-order valence-corrected chi connectivity index (χ3v) is 2.98. The summed E-state index contributed by atoms with van der Waals surface area (Å²) in [6.45, 7) is 1.45. The van der Waals surface area contributed by atoms with Gasteiger partial charge in [0.05, 0.1) is 6.20 Å². The van der Waals surface area contributed by atoms with Crippen molar-refractivity contribution in [3.8, 4) is 0 Å². The maximum Gasteiger partial charge on any atom is 0.460 e. The van der Waals surface area contributed by atoms with Crippen molar-refractivity contribution >= 4 is 5.97 Å². The maximum atomic E-state index is 13.3. The van der Waals surface area contributed by atoms with Crippen LogP contribution >= 0.6 is 0 Å². The van der Waals surface area contributed by atoms with Crippen molar-refractivity contribution in [3.63, 3.8) is 0 Å². The number of carbonyl (C=O) groups is 1. The van der Waals surface area contributed by atoms with E-state index in [0.717, 1.165) is 12.3 Å². The lowest BCUT2D eigenvalue weighted by Crippen LogP contribution is -2.61. The first-order chi connectivity index (χ1) is 11.7. The van der Waals surface area contributed by atoms with Gasteiger partial charge in [0, 0.05) is 19.0 Å². The van der Waals surface area contributed by atoms with Crippen LogP contribution < -0.4 is 0 Å². The van der Waals surface area contributed by atoms with Gasteiger partial charge in [-0.3, -0.25) is 4.68 Å². The molecular weight excluding hydrogens is 389 g/mol. The lowest BCUT2D eigenvalue weighted by Gasteiger charge is -2.33. The molecule has 0 aliphatic carbocycles. The lowest BCUT2D eigenvalue weighted by molar-refractivity contribution is -0.397. The number of aryl methyl sites for hydroxylation is 1. The second-order valence-electron chi connectivity index (χ2n) is 4.89. The molecule has 0 bridgehead atoms. The fourth-order valence-corrected chi connectivity index (χ4v) is 1.54. The molecule has 1 rings (SSSR count). The molecule has 0 spiro atoms. The minimum atomic E-state index is -6.93. The first-order valence-corrected chi connectivity index (χ1v) is 6.54.